The minimum atomic E-state index is -0.314. The summed E-state index contributed by atoms with van der Waals surface area (Å²) >= 11 is 0. The molecule has 2 saturated carbocycles. The molecule has 2 fully saturated rings. The highest BCUT2D eigenvalue weighted by atomic mass is 19.1. The van der Waals surface area contributed by atoms with E-state index in [9.17, 15) is 14.3 Å². The van der Waals surface area contributed by atoms with Crippen molar-refractivity contribution in [3.63, 3.8) is 0 Å². The zero-order valence-corrected chi connectivity index (χ0v) is 11.8. The van der Waals surface area contributed by atoms with Gasteiger partial charge in [-0.2, -0.15) is 0 Å². The van der Waals surface area contributed by atoms with Crippen molar-refractivity contribution in [3.05, 3.63) is 41.7 Å². The van der Waals surface area contributed by atoms with E-state index in [4.69, 9.17) is 0 Å². The first-order valence-electron chi connectivity index (χ1n) is 7.52. The van der Waals surface area contributed by atoms with Crippen LogP contribution in [-0.2, 0) is 4.79 Å². The quantitative estimate of drug-likeness (QED) is 0.836. The Labute approximate surface area is 123 Å². The summed E-state index contributed by atoms with van der Waals surface area (Å²) in [6.45, 7) is 0.139. The molecule has 2 bridgehead atoms. The molecule has 1 aromatic carbocycles. The minimum Gasteiger partial charge on any atom is -0.396 e. The number of carbonyl (C=O) groups excluding carboxylic acids is 1. The van der Waals surface area contributed by atoms with Gasteiger partial charge in [-0.25, -0.2) is 4.39 Å². The van der Waals surface area contributed by atoms with E-state index in [1.165, 1.54) is 24.6 Å². The minimum absolute atomic E-state index is 0.0819. The summed E-state index contributed by atoms with van der Waals surface area (Å²) in [5, 5.41) is 12.5. The van der Waals surface area contributed by atoms with Crippen molar-refractivity contribution >= 4 is 12.0 Å². The number of amides is 1. The van der Waals surface area contributed by atoms with Crippen LogP contribution in [0.2, 0.25) is 0 Å². The molecule has 2 aliphatic rings. The Morgan fingerprint density at radius 1 is 1.38 bits per heavy atom. The Morgan fingerprint density at radius 2 is 2.19 bits per heavy atom. The van der Waals surface area contributed by atoms with Gasteiger partial charge in [-0.3, -0.25) is 4.79 Å². The Hall–Kier alpha value is -1.68. The predicted octanol–water partition coefficient (Wildman–Crippen LogP) is 2.36. The lowest BCUT2D eigenvalue weighted by molar-refractivity contribution is -0.117. The molecule has 0 heterocycles. The van der Waals surface area contributed by atoms with E-state index < -0.39 is 0 Å². The predicted molar refractivity (Wildman–Crippen MR) is 78.8 cm³/mol. The molecule has 2 aliphatic carbocycles. The van der Waals surface area contributed by atoms with Gasteiger partial charge in [-0.15, -0.1) is 0 Å². The van der Waals surface area contributed by atoms with E-state index in [0.717, 1.165) is 12.8 Å². The fraction of sp³-hybridized carbons (Fsp3) is 0.471. The van der Waals surface area contributed by atoms with E-state index in [2.05, 4.69) is 5.32 Å². The highest BCUT2D eigenvalue weighted by Gasteiger charge is 2.47. The zero-order chi connectivity index (χ0) is 14.8. The van der Waals surface area contributed by atoms with Crippen LogP contribution < -0.4 is 5.32 Å². The third kappa shape index (κ3) is 3.00. The second-order valence-corrected chi connectivity index (χ2v) is 6.10. The fourth-order valence-electron chi connectivity index (χ4n) is 3.89. The molecular formula is C17H20FNO2. The molecule has 0 radical (unpaired) electrons. The van der Waals surface area contributed by atoms with Crippen LogP contribution in [0.3, 0.4) is 0 Å². The highest BCUT2D eigenvalue weighted by molar-refractivity contribution is 5.92. The molecule has 3 nitrogen and oxygen atoms in total. The summed E-state index contributed by atoms with van der Waals surface area (Å²) in [5.41, 5.74) is 0.664. The standard InChI is InChI=1S/C17H20FNO2/c18-14-3-1-2-11(8-14)4-7-16(21)19-17-13-6-5-12(9-13)15(17)10-20/h1-4,7-8,12-13,15,17,20H,5-6,9-10H2,(H,19,21)/b7-4+. The third-order valence-electron chi connectivity index (χ3n) is 4.88. The molecule has 3 rings (SSSR count). The van der Waals surface area contributed by atoms with Crippen LogP contribution in [0.25, 0.3) is 6.08 Å². The maximum atomic E-state index is 13.1. The largest absolute Gasteiger partial charge is 0.396 e. The molecule has 4 atom stereocenters. The molecule has 0 spiro atoms. The Bertz CT molecular complexity index is 557. The van der Waals surface area contributed by atoms with Gasteiger partial charge in [0.25, 0.3) is 0 Å². The van der Waals surface area contributed by atoms with Gasteiger partial charge in [0.15, 0.2) is 0 Å². The van der Waals surface area contributed by atoms with Crippen molar-refractivity contribution in [2.45, 2.75) is 25.3 Å². The molecule has 2 N–H and O–H groups in total. The van der Waals surface area contributed by atoms with Crippen LogP contribution in [0.1, 0.15) is 24.8 Å². The fourth-order valence-corrected chi connectivity index (χ4v) is 3.89. The maximum Gasteiger partial charge on any atom is 0.244 e. The van der Waals surface area contributed by atoms with Crippen LogP contribution >= 0.6 is 0 Å². The SMILES string of the molecule is O=C(/C=C/c1cccc(F)c1)NC1C2CCC(C2)C1CO. The number of hydrogen-bond donors (Lipinski definition) is 2. The number of hydrogen-bond acceptors (Lipinski definition) is 2. The van der Waals surface area contributed by atoms with E-state index >= 15 is 0 Å². The van der Waals surface area contributed by atoms with E-state index in [1.807, 2.05) is 0 Å². The summed E-state index contributed by atoms with van der Waals surface area (Å²) in [4.78, 5) is 12.0. The van der Waals surface area contributed by atoms with Gasteiger partial charge in [0.2, 0.25) is 5.91 Å². The van der Waals surface area contributed by atoms with Crippen LogP contribution in [0.5, 0.6) is 0 Å². The summed E-state index contributed by atoms with van der Waals surface area (Å²) in [6.07, 6.45) is 6.47. The molecule has 4 unspecified atom stereocenters. The van der Waals surface area contributed by atoms with E-state index in [1.54, 1.807) is 18.2 Å². The Kier molecular flexibility index (Phi) is 4.06. The summed E-state index contributed by atoms with van der Waals surface area (Å²) < 4.78 is 13.1. The first-order chi connectivity index (χ1) is 10.2. The number of rotatable bonds is 4. The molecule has 4 heteroatoms. The lowest BCUT2D eigenvalue weighted by Gasteiger charge is -2.30. The molecule has 1 aromatic rings. The second-order valence-electron chi connectivity index (χ2n) is 6.10. The zero-order valence-electron chi connectivity index (χ0n) is 11.8. The van der Waals surface area contributed by atoms with Crippen molar-refractivity contribution in [3.8, 4) is 0 Å². The van der Waals surface area contributed by atoms with Gasteiger partial charge >= 0.3 is 0 Å². The second kappa shape index (κ2) is 5.98. The summed E-state index contributed by atoms with van der Waals surface area (Å²) in [6, 6.07) is 6.21. The third-order valence-corrected chi connectivity index (χ3v) is 4.88. The average Bonchev–Trinajstić information content (AvgIpc) is 3.06. The number of aliphatic hydroxyl groups is 1. The van der Waals surface area contributed by atoms with Crippen molar-refractivity contribution in [1.82, 2.24) is 5.32 Å². The number of benzene rings is 1. The van der Waals surface area contributed by atoms with Gasteiger partial charge in [0, 0.05) is 24.6 Å². The molecule has 0 aromatic heterocycles. The van der Waals surface area contributed by atoms with Crippen molar-refractivity contribution < 1.29 is 14.3 Å². The Balaban J connectivity index is 1.61. The molecule has 0 aliphatic heterocycles. The number of carbonyl (C=O) groups is 1. The van der Waals surface area contributed by atoms with Crippen LogP contribution in [0, 0.1) is 23.6 Å². The number of fused-ring (bicyclic) bond motifs is 2. The van der Waals surface area contributed by atoms with Gasteiger partial charge in [-0.05, 0) is 54.9 Å². The highest BCUT2D eigenvalue weighted by Crippen LogP contribution is 2.48. The number of halogens is 1. The lowest BCUT2D eigenvalue weighted by atomic mass is 9.85. The van der Waals surface area contributed by atoms with Crippen molar-refractivity contribution in [1.29, 1.82) is 0 Å². The maximum absolute atomic E-state index is 13.1. The van der Waals surface area contributed by atoms with Crippen LogP contribution in [0.4, 0.5) is 4.39 Å². The Morgan fingerprint density at radius 3 is 2.95 bits per heavy atom. The normalized spacial score (nSPS) is 31.0. The average molecular weight is 289 g/mol. The topological polar surface area (TPSA) is 49.3 Å². The van der Waals surface area contributed by atoms with Crippen LogP contribution in [0.15, 0.2) is 30.3 Å². The van der Waals surface area contributed by atoms with Crippen molar-refractivity contribution in [2.75, 3.05) is 6.61 Å². The van der Waals surface area contributed by atoms with Gasteiger partial charge < -0.3 is 10.4 Å². The monoisotopic (exact) mass is 289 g/mol. The smallest absolute Gasteiger partial charge is 0.244 e. The lowest BCUT2D eigenvalue weighted by Crippen LogP contribution is -2.44. The number of nitrogens with one attached hydrogen (secondary N) is 1. The molecule has 112 valence electrons. The van der Waals surface area contributed by atoms with E-state index in [-0.39, 0.29) is 30.3 Å². The summed E-state index contributed by atoms with van der Waals surface area (Å²) in [5.74, 6) is 0.757. The molecule has 1 amide bonds. The summed E-state index contributed by atoms with van der Waals surface area (Å²) in [7, 11) is 0. The van der Waals surface area contributed by atoms with E-state index in [0.29, 0.717) is 17.4 Å². The first kappa shape index (κ1) is 14.3. The van der Waals surface area contributed by atoms with Gasteiger partial charge in [0.1, 0.15) is 5.82 Å². The molecular weight excluding hydrogens is 269 g/mol. The van der Waals surface area contributed by atoms with Gasteiger partial charge in [0.05, 0.1) is 0 Å². The first-order valence-corrected chi connectivity index (χ1v) is 7.52. The van der Waals surface area contributed by atoms with Crippen molar-refractivity contribution in [2.24, 2.45) is 17.8 Å². The number of aliphatic hydroxyl groups excluding tert-OH is 1. The molecule has 0 saturated heterocycles. The van der Waals surface area contributed by atoms with Gasteiger partial charge in [-0.1, -0.05) is 12.1 Å². The van der Waals surface area contributed by atoms with Crippen LogP contribution in [-0.4, -0.2) is 23.7 Å². The molecule has 21 heavy (non-hydrogen) atoms.